The van der Waals surface area contributed by atoms with Gasteiger partial charge in [-0.1, -0.05) is 0 Å². The van der Waals surface area contributed by atoms with Crippen LogP contribution in [0.4, 0.5) is 0 Å². The zero-order chi connectivity index (χ0) is 0. The molecule has 0 radical (unpaired) electrons. The third kappa shape index (κ3) is 9.15. The number of rotatable bonds is 0. The molecule has 8 valence electrons. The Morgan fingerprint density at radius 2 is 1.00 bits per heavy atom. The van der Waals surface area contributed by atoms with Crippen LogP contribution in [0.3, 0.4) is 0 Å². The van der Waals surface area contributed by atoms with E-state index in [1.54, 1.807) is 0 Å². The van der Waals surface area contributed by atoms with Gasteiger partial charge in [-0.15, -0.1) is 0 Å². The van der Waals surface area contributed by atoms with Crippen LogP contribution in [0.25, 0.3) is 0 Å². The van der Waals surface area contributed by atoms with Gasteiger partial charge in [0.15, 0.2) is 0 Å². The van der Waals surface area contributed by atoms with Gasteiger partial charge >= 0.3 is 111 Å². The Morgan fingerprint density at radius 1 is 1.00 bits per heavy atom. The standard InChI is InChI=1S/Ba.La.O.Zr/q+2;+3;-2;+4. The van der Waals surface area contributed by atoms with Crippen LogP contribution in [0.5, 0.6) is 0 Å². The van der Waals surface area contributed by atoms with Crippen molar-refractivity contribution in [2.24, 2.45) is 0 Å². The Hall–Kier alpha value is 3.61. The summed E-state index contributed by atoms with van der Waals surface area (Å²) in [6, 6.07) is 0. The molecule has 0 aromatic rings. The van der Waals surface area contributed by atoms with Gasteiger partial charge in [-0.3, -0.25) is 0 Å². The molecule has 0 aliphatic carbocycles. The van der Waals surface area contributed by atoms with Crippen molar-refractivity contribution >= 4 is 48.9 Å². The monoisotopic (exact) mass is 383 g/mol. The molecule has 1 nitrogen and oxygen atoms in total. The van der Waals surface area contributed by atoms with E-state index in [-0.39, 0.29) is 116 Å². The molecule has 4 heavy (non-hydrogen) atoms. The molecule has 0 aromatic heterocycles. The van der Waals surface area contributed by atoms with Gasteiger partial charge in [-0.05, 0) is 0 Å². The van der Waals surface area contributed by atoms with Gasteiger partial charge in [0, 0.05) is 0 Å². The first-order valence-corrected chi connectivity index (χ1v) is 0. The third-order valence-electron chi connectivity index (χ3n) is 0. The fraction of sp³-hybridized carbons (Fsp3) is 0. The minimum atomic E-state index is 0. The van der Waals surface area contributed by atoms with Crippen LogP contribution >= 0.6 is 0 Å². The minimum absolute atomic E-state index is 0. The largest absolute Gasteiger partial charge is 4.00 e. The van der Waals surface area contributed by atoms with Crippen LogP contribution < -0.4 is 0 Å². The molecule has 0 saturated heterocycles. The maximum Gasteiger partial charge on any atom is 4.00 e. The molecule has 0 aromatic carbocycles. The fourth-order valence-electron chi connectivity index (χ4n) is 0. The van der Waals surface area contributed by atoms with Crippen molar-refractivity contribution in [2.75, 3.05) is 0 Å². The van der Waals surface area contributed by atoms with Crippen LogP contribution in [0.2, 0.25) is 0 Å². The maximum atomic E-state index is 0. The Labute approximate surface area is 113 Å². The number of hydrogen-bond donors (Lipinski definition) is 0. The molecule has 0 amide bonds. The normalized spacial score (nSPS) is 0. The summed E-state index contributed by atoms with van der Waals surface area (Å²) in [5.41, 5.74) is 0. The minimum Gasteiger partial charge on any atom is -2.00 e. The van der Waals surface area contributed by atoms with Crippen molar-refractivity contribution in [3.8, 4) is 0 Å². The molecule has 0 fully saturated rings. The van der Waals surface area contributed by atoms with Gasteiger partial charge in [0.1, 0.15) is 0 Å². The summed E-state index contributed by atoms with van der Waals surface area (Å²) in [5.74, 6) is 0. The molecule has 0 rings (SSSR count). The Kier molecular flexibility index (Phi) is 102. The molecule has 0 saturated carbocycles. The van der Waals surface area contributed by atoms with E-state index in [0.29, 0.717) is 0 Å². The predicted molar refractivity (Wildman–Crippen MR) is 6.44 cm³/mol. The van der Waals surface area contributed by atoms with Crippen LogP contribution in [-0.4, -0.2) is 48.9 Å². The summed E-state index contributed by atoms with van der Waals surface area (Å²) in [4.78, 5) is 0. The third-order valence-corrected chi connectivity index (χ3v) is 0. The quantitative estimate of drug-likeness (QED) is 0.505. The zero-order valence-electron chi connectivity index (χ0n) is 2.19. The zero-order valence-corrected chi connectivity index (χ0v) is 12.7. The van der Waals surface area contributed by atoms with E-state index in [1.807, 2.05) is 0 Å². The van der Waals surface area contributed by atoms with E-state index < -0.39 is 0 Å². The van der Waals surface area contributed by atoms with E-state index in [2.05, 4.69) is 0 Å². The molecule has 4 heteroatoms. The molecule has 0 heterocycles. The van der Waals surface area contributed by atoms with E-state index in [9.17, 15) is 0 Å². The molecular formula is BaLaOZr+7. The first-order valence-electron chi connectivity index (χ1n) is 0. The second-order valence-corrected chi connectivity index (χ2v) is 0. The summed E-state index contributed by atoms with van der Waals surface area (Å²) >= 11 is 0. The molecular weight excluding hydrogens is 383 g/mol. The average molecular weight is 383 g/mol. The van der Waals surface area contributed by atoms with Crippen molar-refractivity contribution in [1.82, 2.24) is 0 Å². The smallest absolute Gasteiger partial charge is 2.00 e. The molecule has 0 aliphatic heterocycles. The van der Waals surface area contributed by atoms with Crippen molar-refractivity contribution in [3.63, 3.8) is 0 Å². The first-order chi connectivity index (χ1) is 0. The van der Waals surface area contributed by atoms with E-state index in [0.717, 1.165) is 0 Å². The van der Waals surface area contributed by atoms with Crippen LogP contribution in [0.15, 0.2) is 0 Å². The maximum absolute atomic E-state index is 0. The summed E-state index contributed by atoms with van der Waals surface area (Å²) in [6.45, 7) is 0. The van der Waals surface area contributed by atoms with Gasteiger partial charge < -0.3 is 5.48 Å². The molecule has 0 N–H and O–H groups in total. The van der Waals surface area contributed by atoms with E-state index in [4.69, 9.17) is 0 Å². The molecule has 0 unspecified atom stereocenters. The molecule has 0 atom stereocenters. The summed E-state index contributed by atoms with van der Waals surface area (Å²) in [6.07, 6.45) is 0. The topological polar surface area (TPSA) is 28.5 Å². The average Bonchev–Trinajstić information content (AvgIpc) is 0. The fourth-order valence-corrected chi connectivity index (χ4v) is 0. The summed E-state index contributed by atoms with van der Waals surface area (Å²) in [7, 11) is 0. The molecule has 0 spiro atoms. The van der Waals surface area contributed by atoms with Crippen LogP contribution in [0, 0.1) is 35.6 Å². The second-order valence-electron chi connectivity index (χ2n) is 0. The second kappa shape index (κ2) is 16.0. The van der Waals surface area contributed by atoms with Crippen molar-refractivity contribution in [3.05, 3.63) is 0 Å². The van der Waals surface area contributed by atoms with Gasteiger partial charge in [0.05, 0.1) is 0 Å². The Balaban J connectivity index is 0. The van der Waals surface area contributed by atoms with Gasteiger partial charge in [0.2, 0.25) is 0 Å². The summed E-state index contributed by atoms with van der Waals surface area (Å²) in [5, 5.41) is 0. The molecule has 0 aliphatic rings. The van der Waals surface area contributed by atoms with E-state index in [1.165, 1.54) is 0 Å². The predicted octanol–water partition coefficient (Wildman–Crippen LogP) is -0.502. The van der Waals surface area contributed by atoms with Crippen molar-refractivity contribution in [1.29, 1.82) is 0 Å². The number of hydrogen-bond acceptors (Lipinski definition) is 0. The van der Waals surface area contributed by atoms with Crippen LogP contribution in [0.1, 0.15) is 0 Å². The first kappa shape index (κ1) is 25.5. The van der Waals surface area contributed by atoms with Crippen molar-refractivity contribution < 1.29 is 67.3 Å². The van der Waals surface area contributed by atoms with Gasteiger partial charge in [-0.25, -0.2) is 0 Å². The summed E-state index contributed by atoms with van der Waals surface area (Å²) < 4.78 is 0. The van der Waals surface area contributed by atoms with Gasteiger partial charge in [-0.2, -0.15) is 0 Å². The van der Waals surface area contributed by atoms with E-state index >= 15 is 0 Å². The van der Waals surface area contributed by atoms with Gasteiger partial charge in [0.25, 0.3) is 0 Å². The Bertz CT molecular complexity index is 8.00. The van der Waals surface area contributed by atoms with Crippen LogP contribution in [-0.2, 0) is 31.7 Å². The SMILES string of the molecule is [Ba+2].[La+3].[O-2].[Zr+4]. The van der Waals surface area contributed by atoms with Crippen molar-refractivity contribution in [2.45, 2.75) is 0 Å². The Morgan fingerprint density at radius 3 is 1.00 bits per heavy atom. The molecule has 0 bridgehead atoms.